The van der Waals surface area contributed by atoms with Crippen molar-refractivity contribution in [2.24, 2.45) is 34.5 Å². The second-order valence-corrected chi connectivity index (χ2v) is 15.8. The van der Waals surface area contributed by atoms with Crippen LogP contribution in [0.4, 0.5) is 0 Å². The molecule has 0 aromatic rings. The van der Waals surface area contributed by atoms with Crippen molar-refractivity contribution in [2.75, 3.05) is 6.66 Å². The maximum absolute atomic E-state index is 2.70. The molecule has 6 bridgehead atoms. The molecule has 6 rings (SSSR count). The smallest absolute Gasteiger partial charge is 0.0151 e. The summed E-state index contributed by atoms with van der Waals surface area (Å²) >= 11 is 2.52. The van der Waals surface area contributed by atoms with Gasteiger partial charge in [0.15, 0.2) is 0 Å². The lowest BCUT2D eigenvalue weighted by atomic mass is 9.56. The van der Waals surface area contributed by atoms with Crippen LogP contribution in [0.5, 0.6) is 0 Å². The molecule has 2 heteroatoms. The van der Waals surface area contributed by atoms with Gasteiger partial charge < -0.3 is 0 Å². The minimum absolute atomic E-state index is 0.166. The summed E-state index contributed by atoms with van der Waals surface area (Å²) in [6.07, 6.45) is 14.2. The third kappa shape index (κ3) is 2.08. The number of rotatable bonds is 3. The van der Waals surface area contributed by atoms with E-state index in [1.165, 1.54) is 19.3 Å². The van der Waals surface area contributed by atoms with Crippen LogP contribution < -0.4 is 0 Å². The topological polar surface area (TPSA) is 0 Å². The molecule has 4 atom stereocenters. The Bertz CT molecular complexity index is 477. The van der Waals surface area contributed by atoms with Gasteiger partial charge in [0.25, 0.3) is 0 Å². The monoisotopic (exact) mass is 350 g/mol. The molecule has 0 saturated heterocycles. The molecule has 0 radical (unpaired) electrons. The van der Waals surface area contributed by atoms with Gasteiger partial charge in [-0.1, -0.05) is 20.8 Å². The van der Waals surface area contributed by atoms with Crippen molar-refractivity contribution in [1.29, 1.82) is 0 Å². The highest BCUT2D eigenvalue weighted by Gasteiger charge is 2.62. The van der Waals surface area contributed by atoms with Gasteiger partial charge in [0.2, 0.25) is 0 Å². The Hall–Kier alpha value is 0.780. The molecule has 6 fully saturated rings. The van der Waals surface area contributed by atoms with Crippen LogP contribution in [0.25, 0.3) is 0 Å². The lowest BCUT2D eigenvalue weighted by molar-refractivity contribution is 0.0365. The number of hydrogen-bond acceptors (Lipinski definition) is 1. The van der Waals surface area contributed by atoms with Crippen LogP contribution in [0.2, 0.25) is 0 Å². The molecule has 1 unspecified atom stereocenters. The van der Waals surface area contributed by atoms with Gasteiger partial charge in [-0.3, -0.25) is 0 Å². The molecule has 23 heavy (non-hydrogen) atoms. The Balaban J connectivity index is 1.36. The van der Waals surface area contributed by atoms with Gasteiger partial charge in [-0.25, -0.2) is 0 Å². The molecule has 6 aliphatic carbocycles. The number of hydrogen-bond donors (Lipinski definition) is 0. The Morgan fingerprint density at radius 1 is 0.870 bits per heavy atom. The van der Waals surface area contributed by atoms with Crippen LogP contribution in [0.3, 0.4) is 0 Å². The Morgan fingerprint density at radius 2 is 1.43 bits per heavy atom. The summed E-state index contributed by atoms with van der Waals surface area (Å²) in [5.74, 6) is 4.39. The van der Waals surface area contributed by atoms with E-state index in [0.29, 0.717) is 10.8 Å². The molecule has 0 N–H and O–H groups in total. The first kappa shape index (κ1) is 16.0. The van der Waals surface area contributed by atoms with E-state index < -0.39 is 0 Å². The fourth-order valence-electron chi connectivity index (χ4n) is 8.04. The molecule has 130 valence electrons. The van der Waals surface area contributed by atoms with Crippen molar-refractivity contribution in [3.8, 4) is 0 Å². The third-order valence-electron chi connectivity index (χ3n) is 9.67. The zero-order valence-electron chi connectivity index (χ0n) is 15.6. The summed E-state index contributed by atoms with van der Waals surface area (Å²) in [6, 6.07) is 0. The van der Waals surface area contributed by atoms with Crippen molar-refractivity contribution in [1.82, 2.24) is 0 Å². The summed E-state index contributed by atoms with van der Waals surface area (Å²) in [7, 11) is 0.166. The fraction of sp³-hybridized carbons (Fsp3) is 1.00. The van der Waals surface area contributed by atoms with Crippen molar-refractivity contribution < 1.29 is 0 Å². The van der Waals surface area contributed by atoms with Crippen molar-refractivity contribution in [3.63, 3.8) is 0 Å². The molecule has 0 aliphatic heterocycles. The first-order chi connectivity index (χ1) is 10.8. The first-order valence-electron chi connectivity index (χ1n) is 10.2. The minimum Gasteiger partial charge on any atom is -0.130 e. The zero-order chi connectivity index (χ0) is 16.0. The number of fused-ring (bicyclic) bond motifs is 2. The average molecular weight is 351 g/mol. The largest absolute Gasteiger partial charge is 0.130 e. The van der Waals surface area contributed by atoms with Gasteiger partial charge in [-0.05, 0) is 106 Å². The van der Waals surface area contributed by atoms with Crippen LogP contribution in [0.1, 0.15) is 78.6 Å². The van der Waals surface area contributed by atoms with E-state index in [4.69, 9.17) is 0 Å². The van der Waals surface area contributed by atoms with Crippen LogP contribution in [-0.4, -0.2) is 17.1 Å². The maximum Gasteiger partial charge on any atom is 0.0151 e. The molecule has 0 spiro atoms. The second-order valence-electron chi connectivity index (χ2n) is 10.8. The minimum atomic E-state index is 0.166. The SMILES string of the molecule is CP(S[C@H]1C[C@@H]2CC[C@@]1(C)C2(C)C)C12CC3CC(CC(C3)C1)C2. The van der Waals surface area contributed by atoms with Gasteiger partial charge in [0, 0.05) is 10.4 Å². The van der Waals surface area contributed by atoms with E-state index in [2.05, 4.69) is 38.8 Å². The molecule has 0 aromatic heterocycles. The van der Waals surface area contributed by atoms with Gasteiger partial charge in [-0.2, -0.15) is 0 Å². The Kier molecular flexibility index (Phi) is 3.43. The van der Waals surface area contributed by atoms with Crippen molar-refractivity contribution in [2.45, 2.75) is 89.0 Å². The standard InChI is InChI=1S/C21H35PS/c1-19(2)17-5-6-20(19,3)18(10-17)23-22(4)21-11-14-7-15(12-21)9-16(8-14)13-21/h14-18H,5-13H2,1-4H3/t14?,15?,16?,17-,18-,20+,21?,22?/m0/s1. The Labute approximate surface area is 148 Å². The van der Waals surface area contributed by atoms with E-state index in [-0.39, 0.29) is 7.12 Å². The fourth-order valence-corrected chi connectivity index (χ4v) is 14.6. The Morgan fingerprint density at radius 3 is 1.87 bits per heavy atom. The van der Waals surface area contributed by atoms with Crippen molar-refractivity contribution >= 4 is 18.5 Å². The summed E-state index contributed by atoms with van der Waals surface area (Å²) in [5.41, 5.74) is 1.23. The lowest BCUT2D eigenvalue weighted by Crippen LogP contribution is -2.49. The van der Waals surface area contributed by atoms with E-state index in [0.717, 1.165) is 34.1 Å². The second kappa shape index (κ2) is 4.94. The van der Waals surface area contributed by atoms with Crippen LogP contribution >= 0.6 is 18.5 Å². The quantitative estimate of drug-likeness (QED) is 0.497. The summed E-state index contributed by atoms with van der Waals surface area (Å²) in [4.78, 5) is 0. The summed E-state index contributed by atoms with van der Waals surface area (Å²) < 4.78 is 0. The van der Waals surface area contributed by atoms with Gasteiger partial charge >= 0.3 is 0 Å². The van der Waals surface area contributed by atoms with Crippen LogP contribution in [0.15, 0.2) is 0 Å². The van der Waals surface area contributed by atoms with Gasteiger partial charge in [-0.15, -0.1) is 11.4 Å². The van der Waals surface area contributed by atoms with Crippen LogP contribution in [0, 0.1) is 34.5 Å². The van der Waals surface area contributed by atoms with E-state index in [1.807, 2.05) is 0 Å². The van der Waals surface area contributed by atoms with E-state index >= 15 is 0 Å². The normalized spacial score (nSPS) is 57.1. The lowest BCUT2D eigenvalue weighted by Gasteiger charge is -2.59. The first-order valence-corrected chi connectivity index (χ1v) is 13.5. The van der Waals surface area contributed by atoms with Crippen LogP contribution in [-0.2, 0) is 0 Å². The molecule has 0 heterocycles. The zero-order valence-corrected chi connectivity index (χ0v) is 17.3. The highest BCUT2D eigenvalue weighted by atomic mass is 32.7. The van der Waals surface area contributed by atoms with Gasteiger partial charge in [0.1, 0.15) is 0 Å². The van der Waals surface area contributed by atoms with E-state index in [1.54, 1.807) is 38.5 Å². The highest BCUT2D eigenvalue weighted by Crippen LogP contribution is 2.77. The maximum atomic E-state index is 2.70. The molecule has 0 amide bonds. The average Bonchev–Trinajstić information content (AvgIpc) is 2.79. The van der Waals surface area contributed by atoms with E-state index in [9.17, 15) is 0 Å². The summed E-state index contributed by atoms with van der Waals surface area (Å²) in [5, 5.41) is 1.78. The molecule has 0 nitrogen and oxygen atoms in total. The van der Waals surface area contributed by atoms with Crippen molar-refractivity contribution in [3.05, 3.63) is 0 Å². The van der Waals surface area contributed by atoms with Gasteiger partial charge in [0.05, 0.1) is 0 Å². The third-order valence-corrected chi connectivity index (χ3v) is 15.7. The molecular formula is C21H35PS. The molecule has 6 saturated carbocycles. The predicted octanol–water partition coefficient (Wildman–Crippen LogP) is 6.93. The predicted molar refractivity (Wildman–Crippen MR) is 104 cm³/mol. The summed E-state index contributed by atoms with van der Waals surface area (Å²) in [6.45, 7) is 10.5. The highest BCUT2D eigenvalue weighted by molar-refractivity contribution is 8.56. The molecular weight excluding hydrogens is 315 g/mol. The molecule has 6 aliphatic rings. The molecule has 0 aromatic carbocycles.